The molecule has 116 valence electrons. The Morgan fingerprint density at radius 2 is 1.90 bits per heavy atom. The molecule has 1 aromatic heterocycles. The van der Waals surface area contributed by atoms with Crippen molar-refractivity contribution in [2.24, 2.45) is 0 Å². The van der Waals surface area contributed by atoms with Gasteiger partial charge in [-0.2, -0.15) is 0 Å². The number of rotatable bonds is 4. The Morgan fingerprint density at radius 1 is 1.19 bits per heavy atom. The molecule has 4 nitrogen and oxygen atoms in total. The Bertz CT molecular complexity index is 468. The van der Waals surface area contributed by atoms with Crippen molar-refractivity contribution >= 4 is 5.69 Å². The van der Waals surface area contributed by atoms with E-state index in [0.717, 1.165) is 31.4 Å². The summed E-state index contributed by atoms with van der Waals surface area (Å²) in [6.07, 6.45) is 4.78. The van der Waals surface area contributed by atoms with Gasteiger partial charge < -0.3 is 10.2 Å². The number of aromatic nitrogens is 1. The molecule has 1 N–H and O–H groups in total. The Morgan fingerprint density at radius 3 is 2.52 bits per heavy atom. The van der Waals surface area contributed by atoms with Gasteiger partial charge in [0.05, 0.1) is 5.69 Å². The third kappa shape index (κ3) is 4.17. The van der Waals surface area contributed by atoms with Gasteiger partial charge in [-0.05, 0) is 45.7 Å². The minimum absolute atomic E-state index is 0.133. The molecule has 2 fully saturated rings. The van der Waals surface area contributed by atoms with Crippen LogP contribution in [0.5, 0.6) is 0 Å². The molecule has 0 spiro atoms. The van der Waals surface area contributed by atoms with Gasteiger partial charge in [0, 0.05) is 56.2 Å². The van der Waals surface area contributed by atoms with Crippen LogP contribution in [0.3, 0.4) is 0 Å². The van der Waals surface area contributed by atoms with Gasteiger partial charge >= 0.3 is 0 Å². The minimum Gasteiger partial charge on any atom is -0.369 e. The summed E-state index contributed by atoms with van der Waals surface area (Å²) < 4.78 is 0. The summed E-state index contributed by atoms with van der Waals surface area (Å²) in [5.74, 6) is 0. The Balaban J connectivity index is 1.58. The van der Waals surface area contributed by atoms with Crippen molar-refractivity contribution in [1.29, 1.82) is 0 Å². The summed E-state index contributed by atoms with van der Waals surface area (Å²) in [5.41, 5.74) is 2.59. The zero-order valence-corrected chi connectivity index (χ0v) is 13.6. The summed E-state index contributed by atoms with van der Waals surface area (Å²) in [7, 11) is 0. The lowest BCUT2D eigenvalue weighted by atomic mass is 10.1. The van der Waals surface area contributed by atoms with Crippen LogP contribution in [0.15, 0.2) is 18.3 Å². The highest BCUT2D eigenvalue weighted by molar-refractivity contribution is 5.47. The molecular weight excluding hydrogens is 260 g/mol. The lowest BCUT2D eigenvalue weighted by molar-refractivity contribution is 0.248. The van der Waals surface area contributed by atoms with Crippen molar-refractivity contribution in [3.05, 3.63) is 24.0 Å². The van der Waals surface area contributed by atoms with Crippen LogP contribution in [-0.2, 0) is 6.54 Å². The van der Waals surface area contributed by atoms with Crippen LogP contribution in [0.25, 0.3) is 0 Å². The smallest absolute Gasteiger partial charge is 0.0562 e. The van der Waals surface area contributed by atoms with E-state index in [1.165, 1.54) is 31.6 Å². The fraction of sp³-hybridized carbons (Fsp3) is 0.706. The highest BCUT2D eigenvalue weighted by Crippen LogP contribution is 2.28. The summed E-state index contributed by atoms with van der Waals surface area (Å²) in [4.78, 5) is 9.64. The normalized spacial score (nSPS) is 20.8. The lowest BCUT2D eigenvalue weighted by Gasteiger charge is -2.36. The standard InChI is InChI=1S/C17H28N4/c1-17(2,3)19-13-14-12-16(6-7-18-14)21-10-8-20(9-11-21)15-4-5-15/h6-7,12,15,19H,4-5,8-11,13H2,1-3H3. The largest absolute Gasteiger partial charge is 0.369 e. The molecule has 3 rings (SSSR count). The van der Waals surface area contributed by atoms with E-state index in [4.69, 9.17) is 0 Å². The zero-order chi connectivity index (χ0) is 14.9. The molecule has 1 saturated carbocycles. The summed E-state index contributed by atoms with van der Waals surface area (Å²) in [5, 5.41) is 3.51. The molecular formula is C17H28N4. The maximum absolute atomic E-state index is 4.49. The Kier molecular flexibility index (Phi) is 4.18. The molecule has 0 amide bonds. The van der Waals surface area contributed by atoms with Crippen LogP contribution < -0.4 is 10.2 Å². The Labute approximate surface area is 128 Å². The second kappa shape index (κ2) is 5.93. The summed E-state index contributed by atoms with van der Waals surface area (Å²) in [6, 6.07) is 5.29. The molecule has 0 bridgehead atoms. The summed E-state index contributed by atoms with van der Waals surface area (Å²) >= 11 is 0. The van der Waals surface area contributed by atoms with E-state index in [0.29, 0.717) is 0 Å². The van der Waals surface area contributed by atoms with Crippen molar-refractivity contribution in [3.63, 3.8) is 0 Å². The van der Waals surface area contributed by atoms with Gasteiger partial charge in [-0.3, -0.25) is 9.88 Å². The number of hydrogen-bond acceptors (Lipinski definition) is 4. The number of nitrogens with one attached hydrogen (secondary N) is 1. The van der Waals surface area contributed by atoms with Gasteiger partial charge in [-0.1, -0.05) is 0 Å². The first-order valence-corrected chi connectivity index (χ1v) is 8.20. The molecule has 1 aromatic rings. The first kappa shape index (κ1) is 14.8. The Hall–Kier alpha value is -1.13. The van der Waals surface area contributed by atoms with Gasteiger partial charge in [-0.25, -0.2) is 0 Å². The molecule has 0 radical (unpaired) electrons. The van der Waals surface area contributed by atoms with Gasteiger partial charge in [0.2, 0.25) is 0 Å². The number of piperazine rings is 1. The van der Waals surface area contributed by atoms with Crippen LogP contribution >= 0.6 is 0 Å². The topological polar surface area (TPSA) is 31.4 Å². The first-order chi connectivity index (χ1) is 10.0. The fourth-order valence-electron chi connectivity index (χ4n) is 2.90. The SMILES string of the molecule is CC(C)(C)NCc1cc(N2CCN(C3CC3)CC2)ccn1. The molecule has 2 heterocycles. The molecule has 0 atom stereocenters. The maximum Gasteiger partial charge on any atom is 0.0562 e. The number of anilines is 1. The predicted molar refractivity (Wildman–Crippen MR) is 87.6 cm³/mol. The second-order valence-corrected chi connectivity index (χ2v) is 7.36. The van der Waals surface area contributed by atoms with E-state index in [1.807, 2.05) is 6.20 Å². The maximum atomic E-state index is 4.49. The molecule has 1 saturated heterocycles. The quantitative estimate of drug-likeness (QED) is 0.921. The van der Waals surface area contributed by atoms with E-state index in [2.05, 4.69) is 53.0 Å². The van der Waals surface area contributed by atoms with Crippen LogP contribution in [0.1, 0.15) is 39.3 Å². The highest BCUT2D eigenvalue weighted by atomic mass is 15.3. The third-order valence-electron chi connectivity index (χ3n) is 4.34. The van der Waals surface area contributed by atoms with Gasteiger partial charge in [0.25, 0.3) is 0 Å². The predicted octanol–water partition coefficient (Wildman–Crippen LogP) is 2.25. The number of nitrogens with zero attached hydrogens (tertiary/aromatic N) is 3. The van der Waals surface area contributed by atoms with Crippen LogP contribution in [0, 0.1) is 0 Å². The fourth-order valence-corrected chi connectivity index (χ4v) is 2.90. The second-order valence-electron chi connectivity index (χ2n) is 7.36. The van der Waals surface area contributed by atoms with Crippen molar-refractivity contribution in [1.82, 2.24) is 15.2 Å². The average Bonchev–Trinajstić information content (AvgIpc) is 3.30. The van der Waals surface area contributed by atoms with Crippen LogP contribution in [0.4, 0.5) is 5.69 Å². The third-order valence-corrected chi connectivity index (χ3v) is 4.34. The van der Waals surface area contributed by atoms with E-state index in [1.54, 1.807) is 0 Å². The molecule has 1 aliphatic carbocycles. The van der Waals surface area contributed by atoms with Crippen molar-refractivity contribution in [3.8, 4) is 0 Å². The first-order valence-electron chi connectivity index (χ1n) is 8.20. The van der Waals surface area contributed by atoms with E-state index < -0.39 is 0 Å². The van der Waals surface area contributed by atoms with Gasteiger partial charge in [0.15, 0.2) is 0 Å². The lowest BCUT2D eigenvalue weighted by Crippen LogP contribution is -2.47. The highest BCUT2D eigenvalue weighted by Gasteiger charge is 2.31. The van der Waals surface area contributed by atoms with E-state index >= 15 is 0 Å². The molecule has 0 aromatic carbocycles. The summed E-state index contributed by atoms with van der Waals surface area (Å²) in [6.45, 7) is 12.1. The average molecular weight is 288 g/mol. The minimum atomic E-state index is 0.133. The monoisotopic (exact) mass is 288 g/mol. The molecule has 2 aliphatic rings. The van der Waals surface area contributed by atoms with E-state index in [-0.39, 0.29) is 5.54 Å². The number of pyridine rings is 1. The zero-order valence-electron chi connectivity index (χ0n) is 13.6. The van der Waals surface area contributed by atoms with Crippen LogP contribution in [-0.4, -0.2) is 47.6 Å². The van der Waals surface area contributed by atoms with Crippen LogP contribution in [0.2, 0.25) is 0 Å². The van der Waals surface area contributed by atoms with Crippen molar-refractivity contribution in [2.75, 3.05) is 31.1 Å². The van der Waals surface area contributed by atoms with Crippen molar-refractivity contribution in [2.45, 2.75) is 51.7 Å². The number of hydrogen-bond donors (Lipinski definition) is 1. The molecule has 4 heteroatoms. The van der Waals surface area contributed by atoms with E-state index in [9.17, 15) is 0 Å². The van der Waals surface area contributed by atoms with Crippen molar-refractivity contribution < 1.29 is 0 Å². The van der Waals surface area contributed by atoms with Gasteiger partial charge in [-0.15, -0.1) is 0 Å². The molecule has 0 unspecified atom stereocenters. The van der Waals surface area contributed by atoms with Gasteiger partial charge in [0.1, 0.15) is 0 Å². The molecule has 21 heavy (non-hydrogen) atoms. The molecule has 1 aliphatic heterocycles.